The summed E-state index contributed by atoms with van der Waals surface area (Å²) in [5.41, 5.74) is 0.929. The molecular formula is C65H128O22. The predicted octanol–water partition coefficient (Wildman–Crippen LogP) is 8.61. The highest BCUT2D eigenvalue weighted by Gasteiger charge is 2.02. The molecule has 0 spiro atoms. The minimum atomic E-state index is -0.297. The number of rotatable bonds is 80. The summed E-state index contributed by atoms with van der Waals surface area (Å²) in [5, 5.41) is 8.71. The van der Waals surface area contributed by atoms with Gasteiger partial charge in [0.1, 0.15) is 0 Å². The minimum absolute atomic E-state index is 0.174. The van der Waals surface area contributed by atoms with Gasteiger partial charge >= 0.3 is 5.97 Å². The van der Waals surface area contributed by atoms with E-state index in [2.05, 4.69) is 0 Å². The lowest BCUT2D eigenvalue weighted by molar-refractivity contribution is -0.138. The number of hydrogen-bond acceptors (Lipinski definition) is 22. The van der Waals surface area contributed by atoms with E-state index in [1.54, 1.807) is 0 Å². The van der Waals surface area contributed by atoms with Gasteiger partial charge < -0.3 is 99.8 Å². The third kappa shape index (κ3) is 82.4. The highest BCUT2D eigenvalue weighted by atomic mass is 16.5. The molecule has 0 radical (unpaired) electrons. The van der Waals surface area contributed by atoms with Crippen molar-refractivity contribution >= 4 is 5.97 Å². The minimum Gasteiger partial charge on any atom is -0.462 e. The molecule has 0 saturated heterocycles. The fourth-order valence-corrected chi connectivity index (χ4v) is 7.45. The Morgan fingerprint density at radius 3 is 0.437 bits per heavy atom. The zero-order chi connectivity index (χ0) is 62.4. The van der Waals surface area contributed by atoms with E-state index in [4.69, 9.17) is 99.8 Å². The Morgan fingerprint density at radius 1 is 0.207 bits per heavy atom. The Bertz CT molecular complexity index is 1290. The molecule has 87 heavy (non-hydrogen) atoms. The van der Waals surface area contributed by atoms with Crippen LogP contribution in [-0.2, 0) is 99.5 Å². The molecule has 22 heteroatoms. The van der Waals surface area contributed by atoms with Crippen LogP contribution < -0.4 is 0 Å². The molecule has 0 fully saturated rings. The van der Waals surface area contributed by atoms with E-state index in [1.807, 2.05) is 13.8 Å². The van der Waals surface area contributed by atoms with Gasteiger partial charge in [-0.05, 0) is 136 Å². The summed E-state index contributed by atoms with van der Waals surface area (Å²) in [6, 6.07) is 0. The smallest absolute Gasteiger partial charge is 0.330 e. The number of carbonyl (C=O) groups excluding carboxylic acids is 1. The van der Waals surface area contributed by atoms with Crippen LogP contribution in [0.3, 0.4) is 0 Å². The van der Waals surface area contributed by atoms with Crippen LogP contribution >= 0.6 is 0 Å². The van der Waals surface area contributed by atoms with Crippen molar-refractivity contribution in [3.05, 3.63) is 11.6 Å². The maximum Gasteiger partial charge on any atom is 0.330 e. The molecule has 22 nitrogen and oxygen atoms in total. The first-order valence-corrected chi connectivity index (χ1v) is 33.6. The van der Waals surface area contributed by atoms with Gasteiger partial charge in [0.2, 0.25) is 0 Å². The number of esters is 1. The van der Waals surface area contributed by atoms with Gasteiger partial charge in [0, 0.05) is 270 Å². The monoisotopic (exact) mass is 1260 g/mol. The molecule has 0 aliphatic rings. The van der Waals surface area contributed by atoms with Gasteiger partial charge in [-0.25, -0.2) is 4.79 Å². The topological polar surface area (TPSA) is 222 Å². The van der Waals surface area contributed by atoms with Crippen molar-refractivity contribution in [1.82, 2.24) is 0 Å². The van der Waals surface area contributed by atoms with Crippen molar-refractivity contribution in [3.8, 4) is 0 Å². The summed E-state index contributed by atoms with van der Waals surface area (Å²) in [6.45, 7) is 30.4. The fraction of sp³-hybridized carbons (Fsp3) is 0.954. The lowest BCUT2D eigenvalue weighted by Gasteiger charge is -2.08. The van der Waals surface area contributed by atoms with E-state index in [-0.39, 0.29) is 12.6 Å². The Kier molecular flexibility index (Phi) is 79.0. The first-order chi connectivity index (χ1) is 43.2. The molecule has 0 aromatic carbocycles. The average molecular weight is 1260 g/mol. The maximum absolute atomic E-state index is 11.4. The van der Waals surface area contributed by atoms with Gasteiger partial charge in [-0.1, -0.05) is 5.57 Å². The predicted molar refractivity (Wildman–Crippen MR) is 335 cm³/mol. The zero-order valence-electron chi connectivity index (χ0n) is 55.0. The molecule has 0 unspecified atom stereocenters. The second kappa shape index (κ2) is 80.5. The number of aliphatic hydroxyl groups is 1. The summed E-state index contributed by atoms with van der Waals surface area (Å²) >= 11 is 0. The van der Waals surface area contributed by atoms with Gasteiger partial charge in [0.05, 0.1) is 6.61 Å². The number of allylic oxidation sites excluding steroid dienone is 1. The van der Waals surface area contributed by atoms with Gasteiger partial charge in [0.15, 0.2) is 0 Å². The second-order valence-electron chi connectivity index (χ2n) is 20.8. The second-order valence-corrected chi connectivity index (χ2v) is 20.8. The first kappa shape index (κ1) is 85.4. The Morgan fingerprint density at radius 2 is 0.322 bits per heavy atom. The lowest BCUT2D eigenvalue weighted by atomic mass is 10.3. The van der Waals surface area contributed by atoms with E-state index in [0.29, 0.717) is 271 Å². The zero-order valence-corrected chi connectivity index (χ0v) is 55.0. The van der Waals surface area contributed by atoms with Crippen molar-refractivity contribution in [3.63, 3.8) is 0 Å². The van der Waals surface area contributed by atoms with Crippen LogP contribution in [0.2, 0.25) is 0 Å². The molecule has 0 amide bonds. The van der Waals surface area contributed by atoms with Crippen LogP contribution in [-0.4, -0.2) is 275 Å². The van der Waals surface area contributed by atoms with Gasteiger partial charge in [0.25, 0.3) is 0 Å². The summed E-state index contributed by atoms with van der Waals surface area (Å²) in [7, 11) is 0. The quantitative estimate of drug-likeness (QED) is 0.0342. The van der Waals surface area contributed by atoms with Crippen molar-refractivity contribution in [2.45, 2.75) is 142 Å². The van der Waals surface area contributed by atoms with Crippen LogP contribution in [0.4, 0.5) is 0 Å². The Hall–Kier alpha value is -1.59. The summed E-state index contributed by atoms with van der Waals surface area (Å²) in [4.78, 5) is 11.4. The Balaban J connectivity index is 3.10. The molecule has 0 atom stereocenters. The van der Waals surface area contributed by atoms with Crippen LogP contribution in [0.15, 0.2) is 11.6 Å². The van der Waals surface area contributed by atoms with E-state index in [9.17, 15) is 4.79 Å². The highest BCUT2D eigenvalue weighted by Crippen LogP contribution is 2.00. The molecule has 0 aromatic rings. The van der Waals surface area contributed by atoms with E-state index in [0.717, 1.165) is 121 Å². The summed E-state index contributed by atoms with van der Waals surface area (Å²) in [5.74, 6) is -0.297. The average Bonchev–Trinajstić information content (AvgIpc) is 3.51. The molecule has 520 valence electrons. The van der Waals surface area contributed by atoms with Gasteiger partial charge in [-0.3, -0.25) is 0 Å². The van der Waals surface area contributed by atoms with Crippen molar-refractivity contribution in [2.75, 3.05) is 264 Å². The van der Waals surface area contributed by atoms with Crippen LogP contribution in [0.5, 0.6) is 0 Å². The molecule has 0 saturated carbocycles. The van der Waals surface area contributed by atoms with Crippen molar-refractivity contribution in [1.29, 1.82) is 0 Å². The number of ether oxygens (including phenoxy) is 20. The lowest BCUT2D eigenvalue weighted by Crippen LogP contribution is -2.09. The molecule has 0 aromatic heterocycles. The van der Waals surface area contributed by atoms with Crippen molar-refractivity contribution in [2.24, 2.45) is 0 Å². The van der Waals surface area contributed by atoms with Crippen LogP contribution in [0.1, 0.15) is 142 Å². The molecule has 0 bridgehead atoms. The number of hydrogen-bond donors (Lipinski definition) is 1. The molecule has 0 rings (SSSR count). The normalized spacial score (nSPS) is 11.6. The van der Waals surface area contributed by atoms with Crippen LogP contribution in [0, 0.1) is 0 Å². The third-order valence-electron chi connectivity index (χ3n) is 11.9. The molecule has 1 N–H and O–H groups in total. The first-order valence-electron chi connectivity index (χ1n) is 33.6. The van der Waals surface area contributed by atoms with Crippen LogP contribution in [0.25, 0.3) is 0 Å². The third-order valence-corrected chi connectivity index (χ3v) is 11.9. The van der Waals surface area contributed by atoms with Gasteiger partial charge in [-0.2, -0.15) is 0 Å². The van der Waals surface area contributed by atoms with E-state index >= 15 is 0 Å². The molecule has 0 heterocycles. The summed E-state index contributed by atoms with van der Waals surface area (Å²) < 4.78 is 113. The van der Waals surface area contributed by atoms with E-state index in [1.165, 1.54) is 6.08 Å². The standard InChI is InChI=1S/C65H128O22/c1-64(2)63-65(67)87-62-22-61-86-60-21-59-85-58-20-57-84-56-19-55-83-54-18-53-82-52-17-51-81-50-16-49-80-48-15-47-79-46-14-45-78-44-13-43-77-42-12-41-76-40-11-39-75-38-10-37-74-36-9-35-73-34-8-33-72-32-7-31-71-30-6-29-70-28-5-27-69-26-4-25-68-24-3-23-66/h63,66H,3-62H2,1-2H3. The molecule has 0 aliphatic carbocycles. The number of carbonyl (C=O) groups is 1. The summed E-state index contributed by atoms with van der Waals surface area (Å²) in [6.07, 6.45) is 18.7. The number of aliphatic hydroxyl groups excluding tert-OH is 1. The molecule has 0 aliphatic heterocycles. The maximum atomic E-state index is 11.4. The van der Waals surface area contributed by atoms with Gasteiger partial charge in [-0.15, -0.1) is 0 Å². The highest BCUT2D eigenvalue weighted by molar-refractivity contribution is 5.82. The SMILES string of the molecule is CC(C)=CC(=O)OCCCOCCCOCCCOCCCOCCCOCCCOCCCOCCCOCCCOCCCOCCCOCCCOCCCOCCCOCCCOCCCOCCCOCCCOCCCOCCCO. The Labute approximate surface area is 527 Å². The largest absolute Gasteiger partial charge is 0.462 e. The van der Waals surface area contributed by atoms with Crippen molar-refractivity contribution < 1.29 is 105 Å². The fourth-order valence-electron chi connectivity index (χ4n) is 7.45. The molecular weight excluding hydrogens is 1130 g/mol. The van der Waals surface area contributed by atoms with E-state index < -0.39 is 0 Å².